The van der Waals surface area contributed by atoms with Crippen molar-refractivity contribution < 1.29 is 9.53 Å². The average molecular weight is 235 g/mol. The lowest BCUT2D eigenvalue weighted by atomic mass is 9.94. The molecule has 17 heavy (non-hydrogen) atoms. The fraction of sp³-hybridized carbons (Fsp3) is 0.500. The number of rotatable bonds is 4. The molecule has 3 nitrogen and oxygen atoms in total. The average Bonchev–Trinajstić information content (AvgIpc) is 2.31. The van der Waals surface area contributed by atoms with E-state index in [0.717, 1.165) is 11.1 Å². The highest BCUT2D eigenvalue weighted by molar-refractivity contribution is 5.78. The van der Waals surface area contributed by atoms with Gasteiger partial charge in [-0.1, -0.05) is 32.0 Å². The van der Waals surface area contributed by atoms with E-state index in [-0.39, 0.29) is 5.97 Å². The molecule has 0 radical (unpaired) electrons. The Kier molecular flexibility index (Phi) is 4.70. The van der Waals surface area contributed by atoms with Gasteiger partial charge in [0.2, 0.25) is 0 Å². The maximum absolute atomic E-state index is 11.7. The Morgan fingerprint density at radius 3 is 2.47 bits per heavy atom. The second-order valence-electron chi connectivity index (χ2n) is 4.52. The number of likely N-dealkylation sites (N-methyl/N-ethyl adjacent to an activating group) is 1. The van der Waals surface area contributed by atoms with Crippen molar-refractivity contribution in [2.24, 2.45) is 0 Å². The Labute approximate surface area is 103 Å². The van der Waals surface area contributed by atoms with E-state index >= 15 is 0 Å². The second kappa shape index (κ2) is 5.82. The van der Waals surface area contributed by atoms with Gasteiger partial charge >= 0.3 is 5.97 Å². The minimum Gasteiger partial charge on any atom is -0.468 e. The van der Waals surface area contributed by atoms with Crippen LogP contribution in [-0.4, -0.2) is 20.1 Å². The lowest BCUT2D eigenvalue weighted by Crippen LogP contribution is -2.27. The summed E-state index contributed by atoms with van der Waals surface area (Å²) >= 11 is 0. The largest absolute Gasteiger partial charge is 0.468 e. The summed E-state index contributed by atoms with van der Waals surface area (Å²) in [7, 11) is 3.18. The SMILES string of the molecule is CNC(C(=O)OC)c1cc(C(C)C)ccc1C. The van der Waals surface area contributed by atoms with Crippen LogP contribution in [0.15, 0.2) is 18.2 Å². The van der Waals surface area contributed by atoms with Crippen LogP contribution in [0.5, 0.6) is 0 Å². The van der Waals surface area contributed by atoms with Crippen LogP contribution in [0.25, 0.3) is 0 Å². The third-order valence-electron chi connectivity index (χ3n) is 3.01. The number of ether oxygens (including phenoxy) is 1. The van der Waals surface area contributed by atoms with Gasteiger partial charge < -0.3 is 10.1 Å². The topological polar surface area (TPSA) is 38.3 Å². The molecule has 0 spiro atoms. The van der Waals surface area contributed by atoms with E-state index < -0.39 is 6.04 Å². The molecule has 0 saturated carbocycles. The van der Waals surface area contributed by atoms with Gasteiger partial charge in [-0.05, 0) is 36.6 Å². The Morgan fingerprint density at radius 2 is 2.00 bits per heavy atom. The molecule has 1 rings (SSSR count). The zero-order valence-electron chi connectivity index (χ0n) is 11.2. The third-order valence-corrected chi connectivity index (χ3v) is 3.01. The highest BCUT2D eigenvalue weighted by Gasteiger charge is 2.21. The maximum Gasteiger partial charge on any atom is 0.327 e. The first-order chi connectivity index (χ1) is 8.01. The van der Waals surface area contributed by atoms with E-state index in [2.05, 4.69) is 37.4 Å². The van der Waals surface area contributed by atoms with Crippen LogP contribution in [0.2, 0.25) is 0 Å². The van der Waals surface area contributed by atoms with Crippen molar-refractivity contribution in [3.05, 3.63) is 34.9 Å². The lowest BCUT2D eigenvalue weighted by Gasteiger charge is -2.18. The Bertz CT molecular complexity index is 399. The van der Waals surface area contributed by atoms with Crippen molar-refractivity contribution in [3.8, 4) is 0 Å². The standard InChI is InChI=1S/C14H21NO2/c1-9(2)11-7-6-10(3)12(8-11)13(15-4)14(16)17-5/h6-9,13,15H,1-5H3. The molecule has 1 unspecified atom stereocenters. The molecule has 1 aromatic carbocycles. The van der Waals surface area contributed by atoms with E-state index in [4.69, 9.17) is 4.74 Å². The molecule has 1 atom stereocenters. The van der Waals surface area contributed by atoms with Crippen LogP contribution in [-0.2, 0) is 9.53 Å². The van der Waals surface area contributed by atoms with Gasteiger partial charge in [-0.3, -0.25) is 0 Å². The predicted molar refractivity (Wildman–Crippen MR) is 69.1 cm³/mol. The fourth-order valence-corrected chi connectivity index (χ4v) is 1.85. The molecule has 1 N–H and O–H groups in total. The fourth-order valence-electron chi connectivity index (χ4n) is 1.85. The van der Waals surface area contributed by atoms with Gasteiger partial charge in [0.05, 0.1) is 7.11 Å². The number of aryl methyl sites for hydroxylation is 1. The quantitative estimate of drug-likeness (QED) is 0.815. The number of carbonyl (C=O) groups excluding carboxylic acids is 1. The monoisotopic (exact) mass is 235 g/mol. The summed E-state index contributed by atoms with van der Waals surface area (Å²) in [4.78, 5) is 11.7. The van der Waals surface area contributed by atoms with E-state index in [9.17, 15) is 4.79 Å². The van der Waals surface area contributed by atoms with E-state index in [1.165, 1.54) is 12.7 Å². The van der Waals surface area contributed by atoms with E-state index in [1.54, 1.807) is 7.05 Å². The first-order valence-electron chi connectivity index (χ1n) is 5.86. The zero-order chi connectivity index (χ0) is 13.0. The van der Waals surface area contributed by atoms with Crippen LogP contribution < -0.4 is 5.32 Å². The molecule has 1 aromatic rings. The van der Waals surface area contributed by atoms with Gasteiger partial charge in [-0.2, -0.15) is 0 Å². The van der Waals surface area contributed by atoms with Gasteiger partial charge in [0, 0.05) is 0 Å². The van der Waals surface area contributed by atoms with Crippen LogP contribution in [0, 0.1) is 6.92 Å². The van der Waals surface area contributed by atoms with Gasteiger partial charge in [-0.15, -0.1) is 0 Å². The van der Waals surface area contributed by atoms with Gasteiger partial charge in [0.1, 0.15) is 6.04 Å². The van der Waals surface area contributed by atoms with Crippen LogP contribution in [0.1, 0.15) is 42.5 Å². The molecule has 0 aromatic heterocycles. The summed E-state index contributed by atoms with van der Waals surface area (Å²) in [6.07, 6.45) is 0. The van der Waals surface area contributed by atoms with Gasteiger partial charge in [0.15, 0.2) is 0 Å². The molecule has 94 valence electrons. The zero-order valence-corrected chi connectivity index (χ0v) is 11.2. The van der Waals surface area contributed by atoms with Crippen molar-refractivity contribution >= 4 is 5.97 Å². The van der Waals surface area contributed by atoms with Crippen molar-refractivity contribution in [2.45, 2.75) is 32.7 Å². The van der Waals surface area contributed by atoms with E-state index in [0.29, 0.717) is 5.92 Å². The first-order valence-corrected chi connectivity index (χ1v) is 5.86. The Morgan fingerprint density at radius 1 is 1.35 bits per heavy atom. The summed E-state index contributed by atoms with van der Waals surface area (Å²) in [5.74, 6) is 0.195. The third kappa shape index (κ3) is 3.07. The highest BCUT2D eigenvalue weighted by atomic mass is 16.5. The minimum atomic E-state index is -0.390. The summed E-state index contributed by atoms with van der Waals surface area (Å²) in [6, 6.07) is 5.85. The molecule has 0 heterocycles. The van der Waals surface area contributed by atoms with Crippen molar-refractivity contribution in [2.75, 3.05) is 14.2 Å². The molecule has 3 heteroatoms. The minimum absolute atomic E-state index is 0.253. The summed E-state index contributed by atoms with van der Waals surface area (Å²) in [6.45, 7) is 6.29. The predicted octanol–water partition coefficient (Wildman–Crippen LogP) is 2.55. The smallest absolute Gasteiger partial charge is 0.327 e. The second-order valence-corrected chi connectivity index (χ2v) is 4.52. The summed E-state index contributed by atoms with van der Waals surface area (Å²) in [5, 5.41) is 3.00. The van der Waals surface area contributed by atoms with Crippen molar-refractivity contribution in [1.82, 2.24) is 5.32 Å². The molecule has 0 aliphatic heterocycles. The number of hydrogen-bond acceptors (Lipinski definition) is 3. The van der Waals surface area contributed by atoms with E-state index in [1.807, 2.05) is 6.92 Å². The number of esters is 1. The normalized spacial score (nSPS) is 12.6. The Balaban J connectivity index is 3.18. The van der Waals surface area contributed by atoms with Crippen LogP contribution in [0.3, 0.4) is 0 Å². The molecule has 0 bridgehead atoms. The molecular formula is C14H21NO2. The van der Waals surface area contributed by atoms with Gasteiger partial charge in [-0.25, -0.2) is 4.79 Å². The number of methoxy groups -OCH3 is 1. The number of benzene rings is 1. The number of carbonyl (C=O) groups is 1. The van der Waals surface area contributed by atoms with Crippen LogP contribution in [0.4, 0.5) is 0 Å². The lowest BCUT2D eigenvalue weighted by molar-refractivity contribution is -0.143. The molecular weight excluding hydrogens is 214 g/mol. The molecule has 0 saturated heterocycles. The number of hydrogen-bond donors (Lipinski definition) is 1. The maximum atomic E-state index is 11.7. The highest BCUT2D eigenvalue weighted by Crippen LogP contribution is 2.24. The number of nitrogens with one attached hydrogen (secondary N) is 1. The molecule has 0 aliphatic rings. The molecule has 0 amide bonds. The first kappa shape index (κ1) is 13.7. The molecule has 0 fully saturated rings. The Hall–Kier alpha value is -1.35. The van der Waals surface area contributed by atoms with Crippen molar-refractivity contribution in [3.63, 3.8) is 0 Å². The van der Waals surface area contributed by atoms with Crippen molar-refractivity contribution in [1.29, 1.82) is 0 Å². The molecule has 0 aliphatic carbocycles. The summed E-state index contributed by atoms with van der Waals surface area (Å²) in [5.41, 5.74) is 3.32. The van der Waals surface area contributed by atoms with Gasteiger partial charge in [0.25, 0.3) is 0 Å². The summed E-state index contributed by atoms with van der Waals surface area (Å²) < 4.78 is 4.81. The van der Waals surface area contributed by atoms with Crippen LogP contribution >= 0.6 is 0 Å².